The second-order valence-electron chi connectivity index (χ2n) is 7.72. The van der Waals surface area contributed by atoms with Gasteiger partial charge in [-0.3, -0.25) is 19.7 Å². The Kier molecular flexibility index (Phi) is 5.18. The van der Waals surface area contributed by atoms with E-state index in [0.717, 1.165) is 44.8 Å². The van der Waals surface area contributed by atoms with Crippen molar-refractivity contribution in [2.75, 3.05) is 33.3 Å². The lowest BCUT2D eigenvalue weighted by Gasteiger charge is -2.58. The van der Waals surface area contributed by atoms with Crippen LogP contribution in [0.4, 0.5) is 0 Å². The Hall–Kier alpha value is -2.31. The molecule has 1 spiro atoms. The van der Waals surface area contributed by atoms with Crippen LogP contribution in [-0.4, -0.2) is 64.5 Å². The lowest BCUT2D eigenvalue weighted by molar-refractivity contribution is -0.0770. The Balaban J connectivity index is 1.30. The fourth-order valence-corrected chi connectivity index (χ4v) is 4.19. The summed E-state index contributed by atoms with van der Waals surface area (Å²) >= 11 is 0. The van der Waals surface area contributed by atoms with Crippen LogP contribution in [0.25, 0.3) is 0 Å². The molecule has 0 radical (unpaired) electrons. The molecule has 4 heterocycles. The summed E-state index contributed by atoms with van der Waals surface area (Å²) in [6.07, 6.45) is 5.67. The van der Waals surface area contributed by atoms with E-state index in [2.05, 4.69) is 21.9 Å². The number of likely N-dealkylation sites (tertiary alicyclic amines) is 2. The first-order chi connectivity index (χ1) is 13.2. The van der Waals surface area contributed by atoms with Crippen LogP contribution in [0.15, 0.2) is 48.8 Å². The van der Waals surface area contributed by atoms with Crippen LogP contribution in [0.1, 0.15) is 29.0 Å². The third kappa shape index (κ3) is 3.87. The largest absolute Gasteiger partial charge is 0.375 e. The summed E-state index contributed by atoms with van der Waals surface area (Å²) < 4.78 is 5.93. The maximum absolute atomic E-state index is 12.6. The third-order valence-corrected chi connectivity index (χ3v) is 5.82. The second-order valence-corrected chi connectivity index (χ2v) is 7.72. The molecule has 6 heteroatoms. The molecule has 0 N–H and O–H groups in total. The van der Waals surface area contributed by atoms with E-state index in [0.29, 0.717) is 18.2 Å². The SMILES string of the molecule is CN1CC[C@@H](COCc2ccccn2)CC12CN(C(=O)c1ccccn1)C2. The second kappa shape index (κ2) is 7.74. The first-order valence-corrected chi connectivity index (χ1v) is 9.55. The van der Waals surface area contributed by atoms with E-state index in [9.17, 15) is 4.79 Å². The number of amides is 1. The highest BCUT2D eigenvalue weighted by atomic mass is 16.5. The van der Waals surface area contributed by atoms with Crippen molar-refractivity contribution in [2.24, 2.45) is 5.92 Å². The van der Waals surface area contributed by atoms with Gasteiger partial charge in [-0.15, -0.1) is 0 Å². The quantitative estimate of drug-likeness (QED) is 0.812. The molecule has 2 aliphatic rings. The molecule has 2 aliphatic heterocycles. The molecule has 0 aromatic carbocycles. The summed E-state index contributed by atoms with van der Waals surface area (Å²) in [6, 6.07) is 11.4. The molecule has 6 nitrogen and oxygen atoms in total. The summed E-state index contributed by atoms with van der Waals surface area (Å²) in [6.45, 7) is 3.90. The van der Waals surface area contributed by atoms with Gasteiger partial charge in [-0.1, -0.05) is 12.1 Å². The molecule has 27 heavy (non-hydrogen) atoms. The van der Waals surface area contributed by atoms with Crippen LogP contribution in [0.2, 0.25) is 0 Å². The van der Waals surface area contributed by atoms with E-state index in [1.807, 2.05) is 35.2 Å². The molecular weight excluding hydrogens is 340 g/mol. The topological polar surface area (TPSA) is 58.6 Å². The fraction of sp³-hybridized carbons (Fsp3) is 0.476. The van der Waals surface area contributed by atoms with Crippen molar-refractivity contribution in [3.8, 4) is 0 Å². The van der Waals surface area contributed by atoms with Gasteiger partial charge in [-0.2, -0.15) is 0 Å². The van der Waals surface area contributed by atoms with E-state index in [1.54, 1.807) is 18.5 Å². The number of piperidine rings is 1. The first-order valence-electron chi connectivity index (χ1n) is 9.55. The van der Waals surface area contributed by atoms with Gasteiger partial charge in [-0.05, 0) is 56.6 Å². The van der Waals surface area contributed by atoms with Crippen molar-refractivity contribution in [3.05, 3.63) is 60.2 Å². The summed E-state index contributed by atoms with van der Waals surface area (Å²) in [7, 11) is 2.17. The van der Waals surface area contributed by atoms with E-state index < -0.39 is 0 Å². The van der Waals surface area contributed by atoms with E-state index in [1.165, 1.54) is 0 Å². The highest BCUT2D eigenvalue weighted by Crippen LogP contribution is 2.38. The van der Waals surface area contributed by atoms with Crippen molar-refractivity contribution >= 4 is 5.91 Å². The maximum atomic E-state index is 12.6. The average molecular weight is 366 g/mol. The van der Waals surface area contributed by atoms with Gasteiger partial charge < -0.3 is 9.64 Å². The van der Waals surface area contributed by atoms with Crippen LogP contribution >= 0.6 is 0 Å². The van der Waals surface area contributed by atoms with E-state index in [-0.39, 0.29) is 11.4 Å². The molecule has 0 unspecified atom stereocenters. The zero-order valence-electron chi connectivity index (χ0n) is 15.8. The molecule has 4 rings (SSSR count). The van der Waals surface area contributed by atoms with Crippen molar-refractivity contribution in [1.29, 1.82) is 0 Å². The van der Waals surface area contributed by atoms with Gasteiger partial charge in [-0.25, -0.2) is 0 Å². The van der Waals surface area contributed by atoms with Crippen LogP contribution < -0.4 is 0 Å². The Bertz CT molecular complexity index is 762. The smallest absolute Gasteiger partial charge is 0.272 e. The molecule has 1 amide bonds. The highest BCUT2D eigenvalue weighted by molar-refractivity contribution is 5.93. The average Bonchev–Trinajstić information content (AvgIpc) is 2.68. The summed E-state index contributed by atoms with van der Waals surface area (Å²) in [5, 5.41) is 0. The monoisotopic (exact) mass is 366 g/mol. The predicted octanol–water partition coefficient (Wildman–Crippen LogP) is 2.23. The summed E-state index contributed by atoms with van der Waals surface area (Å²) in [5.74, 6) is 0.556. The molecule has 142 valence electrons. The minimum Gasteiger partial charge on any atom is -0.375 e. The molecule has 1 atom stereocenters. The number of ether oxygens (including phenoxy) is 1. The van der Waals surface area contributed by atoms with E-state index in [4.69, 9.17) is 4.74 Å². The Labute approximate surface area is 160 Å². The minimum atomic E-state index is 0.0307. The van der Waals surface area contributed by atoms with Crippen molar-refractivity contribution in [1.82, 2.24) is 19.8 Å². The van der Waals surface area contributed by atoms with Crippen LogP contribution in [0.3, 0.4) is 0 Å². The Morgan fingerprint density at radius 1 is 1.19 bits per heavy atom. The van der Waals surface area contributed by atoms with Gasteiger partial charge in [0.1, 0.15) is 5.69 Å². The van der Waals surface area contributed by atoms with Crippen molar-refractivity contribution in [2.45, 2.75) is 25.0 Å². The van der Waals surface area contributed by atoms with Gasteiger partial charge in [0.05, 0.1) is 24.4 Å². The van der Waals surface area contributed by atoms with Crippen molar-refractivity contribution in [3.63, 3.8) is 0 Å². The lowest BCUT2D eigenvalue weighted by atomic mass is 9.75. The molecule has 2 aromatic rings. The number of carbonyl (C=O) groups is 1. The van der Waals surface area contributed by atoms with Crippen LogP contribution in [0, 0.1) is 5.92 Å². The first kappa shape index (κ1) is 18.1. The molecule has 0 saturated carbocycles. The molecule has 0 aliphatic carbocycles. The molecule has 2 aromatic heterocycles. The minimum absolute atomic E-state index is 0.0307. The van der Waals surface area contributed by atoms with Crippen LogP contribution in [0.5, 0.6) is 0 Å². The Morgan fingerprint density at radius 3 is 2.67 bits per heavy atom. The fourth-order valence-electron chi connectivity index (χ4n) is 4.19. The zero-order chi connectivity index (χ0) is 18.7. The normalized spacial score (nSPS) is 21.8. The zero-order valence-corrected chi connectivity index (χ0v) is 15.8. The molecule has 0 bridgehead atoms. The number of carbonyl (C=O) groups excluding carboxylic acids is 1. The predicted molar refractivity (Wildman–Crippen MR) is 102 cm³/mol. The number of likely N-dealkylation sites (N-methyl/N-ethyl adjacent to an activating group) is 1. The molecule has 2 fully saturated rings. The van der Waals surface area contributed by atoms with Gasteiger partial charge in [0.2, 0.25) is 0 Å². The van der Waals surface area contributed by atoms with Gasteiger partial charge >= 0.3 is 0 Å². The highest BCUT2D eigenvalue weighted by Gasteiger charge is 2.51. The standard InChI is InChI=1S/C21H26N4O2/c1-24-11-8-17(13-27-14-18-6-2-4-9-22-18)12-21(24)15-25(16-21)20(26)19-7-3-5-10-23-19/h2-7,9-10,17H,8,11-16H2,1H3/t17-/m1/s1. The Morgan fingerprint density at radius 2 is 1.96 bits per heavy atom. The third-order valence-electron chi connectivity index (χ3n) is 5.82. The summed E-state index contributed by atoms with van der Waals surface area (Å²) in [4.78, 5) is 25.4. The lowest BCUT2D eigenvalue weighted by Crippen LogP contribution is -2.72. The van der Waals surface area contributed by atoms with Gasteiger partial charge in [0.15, 0.2) is 0 Å². The molecular formula is C21H26N4O2. The number of pyridine rings is 2. The number of hydrogen-bond acceptors (Lipinski definition) is 5. The number of aromatic nitrogens is 2. The van der Waals surface area contributed by atoms with Gasteiger partial charge in [0, 0.05) is 25.5 Å². The number of hydrogen-bond donors (Lipinski definition) is 0. The van der Waals surface area contributed by atoms with E-state index >= 15 is 0 Å². The maximum Gasteiger partial charge on any atom is 0.272 e. The number of nitrogens with zero attached hydrogens (tertiary/aromatic N) is 4. The van der Waals surface area contributed by atoms with Crippen LogP contribution in [-0.2, 0) is 11.3 Å². The summed E-state index contributed by atoms with van der Waals surface area (Å²) in [5.41, 5.74) is 1.58. The van der Waals surface area contributed by atoms with Gasteiger partial charge in [0.25, 0.3) is 5.91 Å². The van der Waals surface area contributed by atoms with Crippen molar-refractivity contribution < 1.29 is 9.53 Å². The number of rotatable bonds is 5. The molecule has 2 saturated heterocycles.